The smallest absolute Gasteiger partial charge is 0.387 e. The molecule has 0 aromatic heterocycles. The van der Waals surface area contributed by atoms with Crippen LogP contribution in [0.2, 0.25) is 0 Å². The molecule has 0 aliphatic rings. The number of hydrogen-bond donors (Lipinski definition) is 1. The standard InChI is InChI=1S/C17H19F2NO2/c1-12(2)21-16-10-6-4-8-14(16)20-11-13-7-3-5-9-15(13)22-17(18)19/h3-10,12,17,20H,11H2,1-2H3. The van der Waals surface area contributed by atoms with Crippen molar-refractivity contribution in [2.45, 2.75) is 33.1 Å². The molecule has 22 heavy (non-hydrogen) atoms. The lowest BCUT2D eigenvalue weighted by molar-refractivity contribution is -0.0504. The highest BCUT2D eigenvalue weighted by molar-refractivity contribution is 5.56. The summed E-state index contributed by atoms with van der Waals surface area (Å²) in [4.78, 5) is 0. The van der Waals surface area contributed by atoms with Gasteiger partial charge < -0.3 is 14.8 Å². The molecule has 118 valence electrons. The van der Waals surface area contributed by atoms with Crippen molar-refractivity contribution in [1.29, 1.82) is 0 Å². The molecule has 0 fully saturated rings. The summed E-state index contributed by atoms with van der Waals surface area (Å²) in [6, 6.07) is 14.2. The molecule has 3 nitrogen and oxygen atoms in total. The minimum absolute atomic E-state index is 0.0532. The molecule has 1 N–H and O–H groups in total. The molecule has 5 heteroatoms. The van der Waals surface area contributed by atoms with Crippen LogP contribution in [0.5, 0.6) is 11.5 Å². The number of benzene rings is 2. The van der Waals surface area contributed by atoms with Crippen molar-refractivity contribution in [3.63, 3.8) is 0 Å². The SMILES string of the molecule is CC(C)Oc1ccccc1NCc1ccccc1OC(F)F. The summed E-state index contributed by atoms with van der Waals surface area (Å²) in [5, 5.41) is 3.20. The maximum absolute atomic E-state index is 12.4. The lowest BCUT2D eigenvalue weighted by Gasteiger charge is -2.16. The van der Waals surface area contributed by atoms with Crippen LogP contribution in [0.25, 0.3) is 0 Å². The number of halogens is 2. The molecule has 2 aromatic carbocycles. The molecular formula is C17H19F2NO2. The molecule has 2 rings (SSSR count). The number of hydrogen-bond acceptors (Lipinski definition) is 3. The molecule has 0 radical (unpaired) electrons. The van der Waals surface area contributed by atoms with Crippen molar-refractivity contribution in [3.8, 4) is 11.5 Å². The highest BCUT2D eigenvalue weighted by Gasteiger charge is 2.10. The Kier molecular flexibility index (Phi) is 5.58. The third-order valence-corrected chi connectivity index (χ3v) is 2.91. The third kappa shape index (κ3) is 4.62. The number of alkyl halides is 2. The van der Waals surface area contributed by atoms with Gasteiger partial charge in [0, 0.05) is 12.1 Å². The number of nitrogens with one attached hydrogen (secondary N) is 1. The van der Waals surface area contributed by atoms with E-state index in [1.165, 1.54) is 6.07 Å². The van der Waals surface area contributed by atoms with Crippen LogP contribution in [0.4, 0.5) is 14.5 Å². The van der Waals surface area contributed by atoms with Crippen LogP contribution < -0.4 is 14.8 Å². The number of anilines is 1. The molecule has 0 bridgehead atoms. The maximum Gasteiger partial charge on any atom is 0.387 e. The van der Waals surface area contributed by atoms with Crippen LogP contribution >= 0.6 is 0 Å². The van der Waals surface area contributed by atoms with Crippen molar-refractivity contribution >= 4 is 5.69 Å². The van der Waals surface area contributed by atoms with Crippen molar-refractivity contribution in [2.75, 3.05) is 5.32 Å². The third-order valence-electron chi connectivity index (χ3n) is 2.91. The van der Waals surface area contributed by atoms with Gasteiger partial charge in [0.2, 0.25) is 0 Å². The van der Waals surface area contributed by atoms with E-state index in [1.54, 1.807) is 18.2 Å². The highest BCUT2D eigenvalue weighted by Crippen LogP contribution is 2.27. The van der Waals surface area contributed by atoms with Crippen molar-refractivity contribution in [2.24, 2.45) is 0 Å². The summed E-state index contributed by atoms with van der Waals surface area (Å²) >= 11 is 0. The van der Waals surface area contributed by atoms with Gasteiger partial charge in [-0.1, -0.05) is 30.3 Å². The molecule has 0 saturated carbocycles. The number of ether oxygens (including phenoxy) is 2. The van der Waals surface area contributed by atoms with Crippen LogP contribution in [-0.4, -0.2) is 12.7 Å². The number of para-hydroxylation sites is 3. The normalized spacial score (nSPS) is 10.8. The monoisotopic (exact) mass is 307 g/mol. The highest BCUT2D eigenvalue weighted by atomic mass is 19.3. The molecule has 2 aromatic rings. The van der Waals surface area contributed by atoms with Gasteiger partial charge in [-0.3, -0.25) is 0 Å². The first-order valence-electron chi connectivity index (χ1n) is 7.08. The molecular weight excluding hydrogens is 288 g/mol. The van der Waals surface area contributed by atoms with E-state index in [1.807, 2.05) is 38.1 Å². The van der Waals surface area contributed by atoms with Gasteiger partial charge in [0.1, 0.15) is 11.5 Å². The van der Waals surface area contributed by atoms with Crippen LogP contribution in [0.1, 0.15) is 19.4 Å². The first kappa shape index (κ1) is 16.1. The van der Waals surface area contributed by atoms with E-state index in [-0.39, 0.29) is 11.9 Å². The Morgan fingerprint density at radius 2 is 1.55 bits per heavy atom. The Bertz CT molecular complexity index is 549. The fraction of sp³-hybridized carbons (Fsp3) is 0.294. The topological polar surface area (TPSA) is 30.5 Å². The first-order valence-corrected chi connectivity index (χ1v) is 7.08. The molecule has 0 amide bonds. The average Bonchev–Trinajstić information content (AvgIpc) is 2.46. The minimum Gasteiger partial charge on any atom is -0.489 e. The lowest BCUT2D eigenvalue weighted by Crippen LogP contribution is -2.10. The fourth-order valence-corrected chi connectivity index (χ4v) is 2.02. The summed E-state index contributed by atoms with van der Waals surface area (Å²) in [5.41, 5.74) is 1.46. The van der Waals surface area contributed by atoms with E-state index in [4.69, 9.17) is 4.74 Å². The second kappa shape index (κ2) is 7.64. The molecule has 0 spiro atoms. The van der Waals surface area contributed by atoms with E-state index in [2.05, 4.69) is 10.1 Å². The predicted octanol–water partition coefficient (Wildman–Crippen LogP) is 4.69. The van der Waals surface area contributed by atoms with E-state index in [0.29, 0.717) is 12.1 Å². The lowest BCUT2D eigenvalue weighted by atomic mass is 10.2. The minimum atomic E-state index is -2.84. The van der Waals surface area contributed by atoms with Gasteiger partial charge in [-0.2, -0.15) is 8.78 Å². The van der Waals surface area contributed by atoms with Gasteiger partial charge >= 0.3 is 6.61 Å². The maximum atomic E-state index is 12.4. The quantitative estimate of drug-likeness (QED) is 0.805. The Labute approximate surface area is 128 Å². The van der Waals surface area contributed by atoms with E-state index in [9.17, 15) is 8.78 Å². The average molecular weight is 307 g/mol. The predicted molar refractivity (Wildman–Crippen MR) is 82.6 cm³/mol. The van der Waals surface area contributed by atoms with Crippen molar-refractivity contribution in [1.82, 2.24) is 0 Å². The van der Waals surface area contributed by atoms with Crippen LogP contribution in [0.3, 0.4) is 0 Å². The van der Waals surface area contributed by atoms with E-state index in [0.717, 1.165) is 11.4 Å². The summed E-state index contributed by atoms with van der Waals surface area (Å²) < 4.78 is 35.1. The van der Waals surface area contributed by atoms with Gasteiger partial charge in [-0.15, -0.1) is 0 Å². The molecule has 0 aliphatic carbocycles. The van der Waals surface area contributed by atoms with Gasteiger partial charge in [-0.25, -0.2) is 0 Å². The van der Waals surface area contributed by atoms with Crippen LogP contribution in [-0.2, 0) is 6.54 Å². The molecule has 0 saturated heterocycles. The van der Waals surface area contributed by atoms with E-state index < -0.39 is 6.61 Å². The summed E-state index contributed by atoms with van der Waals surface area (Å²) in [6.45, 7) is 1.42. The summed E-state index contributed by atoms with van der Waals surface area (Å²) in [7, 11) is 0. The second-order valence-electron chi connectivity index (χ2n) is 5.00. The van der Waals surface area contributed by atoms with Crippen LogP contribution in [0.15, 0.2) is 48.5 Å². The van der Waals surface area contributed by atoms with Gasteiger partial charge in [0.25, 0.3) is 0 Å². The molecule has 0 heterocycles. The first-order chi connectivity index (χ1) is 10.6. The zero-order valence-electron chi connectivity index (χ0n) is 12.6. The largest absolute Gasteiger partial charge is 0.489 e. The van der Waals surface area contributed by atoms with E-state index >= 15 is 0 Å². The molecule has 0 atom stereocenters. The second-order valence-corrected chi connectivity index (χ2v) is 5.00. The Morgan fingerprint density at radius 1 is 0.909 bits per heavy atom. The van der Waals surface area contributed by atoms with Gasteiger partial charge in [-0.05, 0) is 32.0 Å². The zero-order valence-corrected chi connectivity index (χ0v) is 12.6. The van der Waals surface area contributed by atoms with Gasteiger partial charge in [0.15, 0.2) is 0 Å². The Hall–Kier alpha value is -2.30. The fourth-order valence-electron chi connectivity index (χ4n) is 2.02. The Morgan fingerprint density at radius 3 is 2.23 bits per heavy atom. The zero-order chi connectivity index (χ0) is 15.9. The van der Waals surface area contributed by atoms with Gasteiger partial charge in [0.05, 0.1) is 11.8 Å². The number of rotatable bonds is 7. The van der Waals surface area contributed by atoms with Crippen molar-refractivity contribution in [3.05, 3.63) is 54.1 Å². The summed E-state index contributed by atoms with van der Waals surface area (Å²) in [6.07, 6.45) is 0.0532. The van der Waals surface area contributed by atoms with Crippen LogP contribution in [0, 0.1) is 0 Å². The van der Waals surface area contributed by atoms with Crippen molar-refractivity contribution < 1.29 is 18.3 Å². The summed E-state index contributed by atoms with van der Waals surface area (Å²) in [5.74, 6) is 0.900. The molecule has 0 aliphatic heterocycles. The Balaban J connectivity index is 2.10. The molecule has 0 unspecified atom stereocenters.